The minimum atomic E-state index is -1.54. The van der Waals surface area contributed by atoms with Crippen molar-refractivity contribution in [1.82, 2.24) is 0 Å². The molecular formula is C17H18Cl2FNOS2. The van der Waals surface area contributed by atoms with Gasteiger partial charge in [0.2, 0.25) is 0 Å². The molecule has 0 heterocycles. The van der Waals surface area contributed by atoms with E-state index in [-0.39, 0.29) is 5.69 Å². The molecule has 2 rings (SSSR count). The van der Waals surface area contributed by atoms with E-state index in [1.54, 1.807) is 40.3 Å². The Hall–Kier alpha value is -0.750. The lowest BCUT2D eigenvalue weighted by atomic mass is 10.3. The summed E-state index contributed by atoms with van der Waals surface area (Å²) in [5.41, 5.74) is 0.250. The third kappa shape index (κ3) is 5.38. The molecule has 2 nitrogen and oxygen atoms in total. The molecule has 0 radical (unpaired) electrons. The molecule has 130 valence electrons. The number of thioether (sulfide) groups is 1. The van der Waals surface area contributed by atoms with E-state index in [9.17, 15) is 8.60 Å². The fourth-order valence-corrected chi connectivity index (χ4v) is 4.17. The SMILES string of the molecule is CSCCCCN(c1cc(Cl)ccc1F)S(=O)c1ccc(Cl)cc1. The third-order valence-corrected chi connectivity index (χ3v) is 5.99. The van der Waals surface area contributed by atoms with Gasteiger partial charge in [-0.15, -0.1) is 0 Å². The molecule has 24 heavy (non-hydrogen) atoms. The predicted molar refractivity (Wildman–Crippen MR) is 104 cm³/mol. The van der Waals surface area contributed by atoms with Crippen LogP contribution in [0.15, 0.2) is 47.4 Å². The quantitative estimate of drug-likeness (QED) is 0.516. The van der Waals surface area contributed by atoms with Crippen LogP contribution in [0.4, 0.5) is 10.1 Å². The molecule has 0 saturated heterocycles. The monoisotopic (exact) mass is 405 g/mol. The molecule has 0 N–H and O–H groups in total. The Labute approximate surface area is 158 Å². The number of benzene rings is 2. The standard InChI is InChI=1S/C17H18Cl2FNOS2/c1-23-11-3-2-10-21(17-12-14(19)6-9-16(17)20)24(22)15-7-4-13(18)5-8-15/h4-9,12H,2-3,10-11H2,1H3. The van der Waals surface area contributed by atoms with Crippen LogP contribution in [0.3, 0.4) is 0 Å². The van der Waals surface area contributed by atoms with E-state index in [1.807, 2.05) is 6.26 Å². The first-order chi connectivity index (χ1) is 11.5. The van der Waals surface area contributed by atoms with Gasteiger partial charge >= 0.3 is 0 Å². The highest BCUT2D eigenvalue weighted by Gasteiger charge is 2.19. The summed E-state index contributed by atoms with van der Waals surface area (Å²) >= 11 is 13.6. The van der Waals surface area contributed by atoms with Crippen molar-refractivity contribution in [2.75, 3.05) is 22.9 Å². The zero-order valence-electron chi connectivity index (χ0n) is 13.2. The molecule has 0 amide bonds. The van der Waals surface area contributed by atoms with Crippen molar-refractivity contribution in [3.8, 4) is 0 Å². The largest absolute Gasteiger partial charge is 0.285 e. The van der Waals surface area contributed by atoms with Gasteiger partial charge in [0.15, 0.2) is 11.0 Å². The van der Waals surface area contributed by atoms with Gasteiger partial charge in [-0.2, -0.15) is 11.8 Å². The number of rotatable bonds is 8. The summed E-state index contributed by atoms with van der Waals surface area (Å²) < 4.78 is 28.8. The molecule has 0 aliphatic rings. The van der Waals surface area contributed by atoms with Crippen LogP contribution in [0.25, 0.3) is 0 Å². The summed E-state index contributed by atoms with van der Waals surface area (Å²) in [6.07, 6.45) is 3.82. The summed E-state index contributed by atoms with van der Waals surface area (Å²) in [6, 6.07) is 11.0. The van der Waals surface area contributed by atoms with Gasteiger partial charge in [0, 0.05) is 16.6 Å². The number of hydrogen-bond acceptors (Lipinski definition) is 2. The lowest BCUT2D eigenvalue weighted by Gasteiger charge is -2.24. The maximum Gasteiger partial charge on any atom is 0.153 e. The van der Waals surface area contributed by atoms with Crippen LogP contribution in [0.2, 0.25) is 10.0 Å². The van der Waals surface area contributed by atoms with Crippen molar-refractivity contribution >= 4 is 51.6 Å². The van der Waals surface area contributed by atoms with Crippen LogP contribution in [-0.4, -0.2) is 22.8 Å². The molecule has 0 saturated carbocycles. The van der Waals surface area contributed by atoms with E-state index in [2.05, 4.69) is 0 Å². The van der Waals surface area contributed by atoms with E-state index >= 15 is 0 Å². The summed E-state index contributed by atoms with van der Waals surface area (Å²) in [4.78, 5) is 0.573. The first-order valence-corrected chi connectivity index (χ1v) is 10.7. The summed E-state index contributed by atoms with van der Waals surface area (Å²) in [5, 5.41) is 0.977. The molecule has 0 aromatic heterocycles. The van der Waals surface area contributed by atoms with E-state index in [0.717, 1.165) is 18.6 Å². The van der Waals surface area contributed by atoms with E-state index in [4.69, 9.17) is 23.2 Å². The van der Waals surface area contributed by atoms with Crippen molar-refractivity contribution < 1.29 is 8.60 Å². The molecule has 1 atom stereocenters. The van der Waals surface area contributed by atoms with Crippen LogP contribution in [0.5, 0.6) is 0 Å². The number of anilines is 1. The fourth-order valence-electron chi connectivity index (χ4n) is 2.15. The number of halogens is 3. The fraction of sp³-hybridized carbons (Fsp3) is 0.294. The van der Waals surface area contributed by atoms with Gasteiger partial charge in [-0.1, -0.05) is 23.2 Å². The molecule has 0 aliphatic carbocycles. The molecule has 2 aromatic carbocycles. The highest BCUT2D eigenvalue weighted by Crippen LogP contribution is 2.28. The lowest BCUT2D eigenvalue weighted by Crippen LogP contribution is -2.28. The van der Waals surface area contributed by atoms with Crippen LogP contribution in [-0.2, 0) is 11.0 Å². The summed E-state index contributed by atoms with van der Waals surface area (Å²) in [7, 11) is -1.54. The smallest absolute Gasteiger partial charge is 0.153 e. The Morgan fingerprint density at radius 3 is 2.42 bits per heavy atom. The molecular weight excluding hydrogens is 388 g/mol. The maximum absolute atomic E-state index is 14.3. The van der Waals surface area contributed by atoms with Gasteiger partial charge in [-0.25, -0.2) is 8.60 Å². The van der Waals surface area contributed by atoms with Crippen molar-refractivity contribution in [1.29, 1.82) is 0 Å². The second kappa shape index (κ2) is 9.66. The van der Waals surface area contributed by atoms with Crippen LogP contribution in [0, 0.1) is 5.82 Å². The summed E-state index contributed by atoms with van der Waals surface area (Å²) in [5.74, 6) is 0.575. The molecule has 2 aromatic rings. The van der Waals surface area contributed by atoms with Gasteiger partial charge in [0.25, 0.3) is 0 Å². The highest BCUT2D eigenvalue weighted by molar-refractivity contribution is 7.98. The van der Waals surface area contributed by atoms with Crippen molar-refractivity contribution in [3.63, 3.8) is 0 Å². The molecule has 7 heteroatoms. The second-order valence-electron chi connectivity index (χ2n) is 5.10. The van der Waals surface area contributed by atoms with Crippen molar-refractivity contribution in [3.05, 3.63) is 58.3 Å². The normalized spacial score (nSPS) is 12.2. The minimum Gasteiger partial charge on any atom is -0.285 e. The van der Waals surface area contributed by atoms with Gasteiger partial charge < -0.3 is 0 Å². The Morgan fingerprint density at radius 2 is 1.75 bits per heavy atom. The average Bonchev–Trinajstić information content (AvgIpc) is 2.58. The number of nitrogens with zero attached hydrogens (tertiary/aromatic N) is 1. The number of unbranched alkanes of at least 4 members (excludes halogenated alkanes) is 1. The van der Waals surface area contributed by atoms with Gasteiger partial charge in [-0.05, 0) is 67.3 Å². The summed E-state index contributed by atoms with van der Waals surface area (Å²) in [6.45, 7) is 0.479. The second-order valence-corrected chi connectivity index (χ2v) is 8.37. The Bertz CT molecular complexity index is 697. The molecule has 0 fully saturated rings. The van der Waals surface area contributed by atoms with Crippen LogP contribution >= 0.6 is 35.0 Å². The first-order valence-electron chi connectivity index (χ1n) is 7.42. The average molecular weight is 406 g/mol. The lowest BCUT2D eigenvalue weighted by molar-refractivity contribution is 0.622. The maximum atomic E-state index is 14.3. The van der Waals surface area contributed by atoms with Crippen LogP contribution in [0.1, 0.15) is 12.8 Å². The van der Waals surface area contributed by atoms with Crippen molar-refractivity contribution in [2.45, 2.75) is 17.7 Å². The molecule has 0 aliphatic heterocycles. The van der Waals surface area contributed by atoms with Crippen LogP contribution < -0.4 is 4.31 Å². The zero-order valence-corrected chi connectivity index (χ0v) is 16.3. The van der Waals surface area contributed by atoms with E-state index < -0.39 is 16.8 Å². The first kappa shape index (κ1) is 19.6. The topological polar surface area (TPSA) is 20.3 Å². The van der Waals surface area contributed by atoms with Crippen molar-refractivity contribution in [2.24, 2.45) is 0 Å². The third-order valence-electron chi connectivity index (χ3n) is 3.35. The van der Waals surface area contributed by atoms with Gasteiger partial charge in [0.05, 0.1) is 10.6 Å². The number of hydrogen-bond donors (Lipinski definition) is 0. The molecule has 1 unspecified atom stereocenters. The van der Waals surface area contributed by atoms with E-state index in [0.29, 0.717) is 21.5 Å². The Morgan fingerprint density at radius 1 is 1.08 bits per heavy atom. The molecule has 0 bridgehead atoms. The highest BCUT2D eigenvalue weighted by atomic mass is 35.5. The predicted octanol–water partition coefficient (Wildman–Crippen LogP) is 5.80. The molecule has 0 spiro atoms. The van der Waals surface area contributed by atoms with Gasteiger partial charge in [0.1, 0.15) is 5.82 Å². The van der Waals surface area contributed by atoms with E-state index in [1.165, 1.54) is 18.2 Å². The minimum absolute atomic E-state index is 0.250. The zero-order chi connectivity index (χ0) is 17.5. The Kier molecular flexibility index (Phi) is 7.88. The Balaban J connectivity index is 2.29. The van der Waals surface area contributed by atoms with Gasteiger partial charge in [-0.3, -0.25) is 4.31 Å².